The molecule has 1 aromatic heterocycles. The van der Waals surface area contributed by atoms with Crippen molar-refractivity contribution in [2.75, 3.05) is 19.0 Å². The molecule has 6 heteroatoms. The third-order valence-electron chi connectivity index (χ3n) is 5.84. The zero-order valence-electron chi connectivity index (χ0n) is 18.8. The molecule has 3 aromatic carbocycles. The third-order valence-corrected chi connectivity index (χ3v) is 5.84. The maximum absolute atomic E-state index is 11.5. The first kappa shape index (κ1) is 22.1. The van der Waals surface area contributed by atoms with E-state index in [1.165, 1.54) is 7.11 Å². The van der Waals surface area contributed by atoms with Crippen molar-refractivity contribution in [3.63, 3.8) is 0 Å². The smallest absolute Gasteiger partial charge is 0.406 e. The summed E-state index contributed by atoms with van der Waals surface area (Å²) in [6.45, 7) is 2.40. The lowest BCUT2D eigenvalue weighted by Gasteiger charge is -2.37. The van der Waals surface area contributed by atoms with Crippen molar-refractivity contribution in [3.05, 3.63) is 119 Å². The van der Waals surface area contributed by atoms with E-state index in [4.69, 9.17) is 4.74 Å². The summed E-state index contributed by atoms with van der Waals surface area (Å²) >= 11 is 0. The van der Waals surface area contributed by atoms with Gasteiger partial charge in [0.2, 0.25) is 0 Å². The number of aryl methyl sites for hydroxylation is 1. The average Bonchev–Trinajstić information content (AvgIpc) is 3.22. The van der Waals surface area contributed by atoms with Gasteiger partial charge in [-0.1, -0.05) is 91.0 Å². The van der Waals surface area contributed by atoms with Crippen LogP contribution in [0.3, 0.4) is 0 Å². The zero-order chi connectivity index (χ0) is 23.1. The molecule has 1 heterocycles. The second kappa shape index (κ2) is 10.0. The Morgan fingerprint density at radius 3 is 1.82 bits per heavy atom. The van der Waals surface area contributed by atoms with Crippen LogP contribution in [0, 0.1) is 6.92 Å². The van der Waals surface area contributed by atoms with E-state index < -0.39 is 11.6 Å². The predicted octanol–water partition coefficient (Wildman–Crippen LogP) is 5.02. The number of alkyl carbamates (subject to hydrolysis) is 1. The fourth-order valence-electron chi connectivity index (χ4n) is 4.20. The monoisotopic (exact) mass is 440 g/mol. The molecule has 4 rings (SSSR count). The number of benzene rings is 3. The van der Waals surface area contributed by atoms with Crippen LogP contribution in [0.5, 0.6) is 0 Å². The number of carbonyl (C=O) groups excluding carboxylic acids is 1. The minimum Gasteiger partial charge on any atom is -0.453 e. The van der Waals surface area contributed by atoms with Crippen LogP contribution in [0.4, 0.5) is 10.6 Å². The van der Waals surface area contributed by atoms with Gasteiger partial charge in [-0.2, -0.15) is 5.10 Å². The highest BCUT2D eigenvalue weighted by molar-refractivity contribution is 5.67. The van der Waals surface area contributed by atoms with Crippen molar-refractivity contribution < 1.29 is 9.53 Å². The molecule has 0 atom stereocenters. The van der Waals surface area contributed by atoms with Gasteiger partial charge in [-0.15, -0.1) is 0 Å². The van der Waals surface area contributed by atoms with Gasteiger partial charge in [0.15, 0.2) is 0 Å². The van der Waals surface area contributed by atoms with E-state index in [-0.39, 0.29) is 0 Å². The average molecular weight is 441 g/mol. The van der Waals surface area contributed by atoms with Gasteiger partial charge in [0.25, 0.3) is 0 Å². The molecule has 6 nitrogen and oxygen atoms in total. The minimum atomic E-state index is -0.659. The van der Waals surface area contributed by atoms with Crippen LogP contribution in [0.15, 0.2) is 91.0 Å². The lowest BCUT2D eigenvalue weighted by atomic mass is 9.77. The molecule has 1 amide bonds. The number of carbonyl (C=O) groups is 1. The Balaban J connectivity index is 1.83. The van der Waals surface area contributed by atoms with Crippen LogP contribution >= 0.6 is 0 Å². The van der Waals surface area contributed by atoms with E-state index >= 15 is 0 Å². The highest BCUT2D eigenvalue weighted by Crippen LogP contribution is 2.40. The molecule has 0 saturated carbocycles. The second-order valence-corrected chi connectivity index (χ2v) is 7.80. The summed E-state index contributed by atoms with van der Waals surface area (Å²) in [6, 6.07) is 31.2. The van der Waals surface area contributed by atoms with E-state index in [1.54, 1.807) is 0 Å². The van der Waals surface area contributed by atoms with Gasteiger partial charge in [-0.05, 0) is 30.0 Å². The summed E-state index contributed by atoms with van der Waals surface area (Å²) in [4.78, 5) is 11.5. The van der Waals surface area contributed by atoms with Gasteiger partial charge < -0.3 is 15.4 Å². The maximum Gasteiger partial charge on any atom is 0.406 e. The molecule has 0 fully saturated rings. The number of nitrogens with one attached hydrogen (secondary N) is 3. The Bertz CT molecular complexity index is 1080. The Morgan fingerprint density at radius 1 is 0.879 bits per heavy atom. The first-order chi connectivity index (χ1) is 16.1. The summed E-state index contributed by atoms with van der Waals surface area (Å²) in [6.07, 6.45) is 0.159. The molecule has 168 valence electrons. The van der Waals surface area contributed by atoms with Crippen LogP contribution in [-0.4, -0.2) is 29.9 Å². The van der Waals surface area contributed by atoms with E-state index in [1.807, 2.05) is 25.1 Å². The van der Waals surface area contributed by atoms with Crippen LogP contribution in [0.25, 0.3) is 0 Å². The maximum atomic E-state index is 11.5. The van der Waals surface area contributed by atoms with Gasteiger partial charge in [-0.3, -0.25) is 5.10 Å². The lowest BCUT2D eigenvalue weighted by Crippen LogP contribution is -2.38. The molecule has 0 bridgehead atoms. The number of H-pyrrole nitrogens is 1. The van der Waals surface area contributed by atoms with Crippen molar-refractivity contribution in [2.45, 2.75) is 18.9 Å². The SMILES string of the molecule is COC(=O)NCCc1c(C)n[nH]c1NC(c1ccccc1)(c1ccccc1)c1ccccc1. The van der Waals surface area contributed by atoms with Crippen molar-refractivity contribution in [1.82, 2.24) is 15.5 Å². The number of hydrogen-bond donors (Lipinski definition) is 3. The third kappa shape index (κ3) is 4.60. The zero-order valence-corrected chi connectivity index (χ0v) is 18.8. The Labute approximate surface area is 194 Å². The van der Waals surface area contributed by atoms with Gasteiger partial charge in [0.05, 0.1) is 12.8 Å². The van der Waals surface area contributed by atoms with Crippen LogP contribution in [-0.2, 0) is 16.7 Å². The molecule has 0 unspecified atom stereocenters. The summed E-state index contributed by atoms with van der Waals surface area (Å²) < 4.78 is 4.70. The molecule has 3 N–H and O–H groups in total. The second-order valence-electron chi connectivity index (χ2n) is 7.80. The number of anilines is 1. The van der Waals surface area contributed by atoms with E-state index in [0.29, 0.717) is 13.0 Å². The van der Waals surface area contributed by atoms with Gasteiger partial charge in [0.1, 0.15) is 11.4 Å². The molecule has 0 saturated heterocycles. The number of aromatic nitrogens is 2. The van der Waals surface area contributed by atoms with Crippen molar-refractivity contribution in [3.8, 4) is 0 Å². The molecule has 33 heavy (non-hydrogen) atoms. The minimum absolute atomic E-state index is 0.441. The number of ether oxygens (including phenoxy) is 1. The summed E-state index contributed by atoms with van der Waals surface area (Å²) in [7, 11) is 1.36. The first-order valence-corrected chi connectivity index (χ1v) is 11.0. The van der Waals surface area contributed by atoms with Gasteiger partial charge >= 0.3 is 6.09 Å². The molecular formula is C27H28N4O2. The molecule has 0 aliphatic carbocycles. The number of methoxy groups -OCH3 is 1. The predicted molar refractivity (Wildman–Crippen MR) is 130 cm³/mol. The quantitative estimate of drug-likeness (QED) is 0.336. The molecule has 4 aromatic rings. The number of aromatic amines is 1. The van der Waals surface area contributed by atoms with E-state index in [2.05, 4.69) is 93.6 Å². The largest absolute Gasteiger partial charge is 0.453 e. The van der Waals surface area contributed by atoms with Crippen LogP contribution in [0.1, 0.15) is 27.9 Å². The summed E-state index contributed by atoms with van der Waals surface area (Å²) in [5.74, 6) is 0.815. The molecule has 0 aliphatic heterocycles. The fourth-order valence-corrected chi connectivity index (χ4v) is 4.20. The fraction of sp³-hybridized carbons (Fsp3) is 0.185. The summed E-state index contributed by atoms with van der Waals surface area (Å²) in [5, 5.41) is 14.2. The normalized spacial score (nSPS) is 11.1. The topological polar surface area (TPSA) is 79.0 Å². The molecular weight excluding hydrogens is 412 g/mol. The molecule has 0 spiro atoms. The first-order valence-electron chi connectivity index (χ1n) is 11.0. The van der Waals surface area contributed by atoms with Crippen molar-refractivity contribution in [1.29, 1.82) is 0 Å². The number of nitrogens with zero attached hydrogens (tertiary/aromatic N) is 1. The standard InChI is InChI=1S/C27H28N4O2/c1-20-24(18-19-28-26(32)33-2)25(31-30-20)29-27(21-12-6-3-7-13-21,22-14-8-4-9-15-22)23-16-10-5-11-17-23/h3-17H,18-19H2,1-2H3,(H,28,32)(H2,29,30,31). The molecule has 0 aliphatic rings. The highest BCUT2D eigenvalue weighted by atomic mass is 16.5. The van der Waals surface area contributed by atoms with E-state index in [9.17, 15) is 4.79 Å². The lowest BCUT2D eigenvalue weighted by molar-refractivity contribution is 0.171. The van der Waals surface area contributed by atoms with Gasteiger partial charge in [-0.25, -0.2) is 4.79 Å². The Kier molecular flexibility index (Phi) is 6.74. The number of hydrogen-bond acceptors (Lipinski definition) is 4. The highest BCUT2D eigenvalue weighted by Gasteiger charge is 2.37. The molecule has 0 radical (unpaired) electrons. The summed E-state index contributed by atoms with van der Waals surface area (Å²) in [5.41, 5.74) is 4.55. The van der Waals surface area contributed by atoms with Gasteiger partial charge in [0, 0.05) is 12.1 Å². The Morgan fingerprint density at radius 2 is 1.36 bits per heavy atom. The van der Waals surface area contributed by atoms with Crippen LogP contribution in [0.2, 0.25) is 0 Å². The Hall–Kier alpha value is -4.06. The van der Waals surface area contributed by atoms with Crippen LogP contribution < -0.4 is 10.6 Å². The van der Waals surface area contributed by atoms with E-state index in [0.717, 1.165) is 33.8 Å². The van der Waals surface area contributed by atoms with Crippen molar-refractivity contribution in [2.24, 2.45) is 0 Å². The number of rotatable bonds is 8. The number of amides is 1. The van der Waals surface area contributed by atoms with Crippen molar-refractivity contribution >= 4 is 11.9 Å².